The molecular formula is C19H30NS2SiTi. The molecule has 0 saturated heterocycles. The second-order valence-electron chi connectivity index (χ2n) is 7.26. The van der Waals surface area contributed by atoms with Crippen LogP contribution in [0, 0.1) is 28.7 Å². The van der Waals surface area contributed by atoms with Crippen LogP contribution >= 0.6 is 22.7 Å². The minimum absolute atomic E-state index is 0. The van der Waals surface area contributed by atoms with Crippen LogP contribution in [0.2, 0.25) is 13.1 Å². The van der Waals surface area contributed by atoms with Crippen molar-refractivity contribution >= 4 is 62.5 Å². The summed E-state index contributed by atoms with van der Waals surface area (Å²) in [6, 6.07) is 2.41. The molecule has 0 bridgehead atoms. The number of aryl methyl sites for hydroxylation is 2. The van der Waals surface area contributed by atoms with Crippen LogP contribution < -0.4 is 10.5 Å². The average Bonchev–Trinajstić information content (AvgIpc) is 2.86. The first-order valence-corrected chi connectivity index (χ1v) is 12.1. The Kier molecular flexibility index (Phi) is 8.13. The molecule has 0 aliphatic rings. The number of nitrogens with one attached hydrogen (secondary N) is 1. The minimum atomic E-state index is -0.820. The fourth-order valence-corrected chi connectivity index (χ4v) is 8.05. The van der Waals surface area contributed by atoms with Gasteiger partial charge in [-0.3, -0.25) is 0 Å². The van der Waals surface area contributed by atoms with Gasteiger partial charge in [-0.05, 0) is 45.2 Å². The molecule has 1 N–H and O–H groups in total. The molecule has 1 nitrogen and oxygen atoms in total. The molecule has 3 rings (SSSR count). The summed E-state index contributed by atoms with van der Waals surface area (Å²) in [7, 11) is -0.820. The van der Waals surface area contributed by atoms with Gasteiger partial charge >= 0.3 is 21.7 Å². The summed E-state index contributed by atoms with van der Waals surface area (Å²) in [5.74, 6) is 0. The average molecular weight is 413 g/mol. The molecule has 0 aliphatic carbocycles. The zero-order chi connectivity index (χ0) is 15.5. The van der Waals surface area contributed by atoms with Crippen molar-refractivity contribution in [3.8, 4) is 0 Å². The van der Waals surface area contributed by atoms with Crippen LogP contribution in [0.1, 0.15) is 30.5 Å². The van der Waals surface area contributed by atoms with E-state index in [0.717, 1.165) is 0 Å². The Bertz CT molecular complexity index is 818. The number of fused-ring (bicyclic) bond motifs is 3. The quantitative estimate of drug-likeness (QED) is 0.387. The van der Waals surface area contributed by atoms with Crippen LogP contribution in [0.25, 0.3) is 20.2 Å². The van der Waals surface area contributed by atoms with E-state index in [2.05, 4.69) is 59.1 Å². The second-order valence-corrected chi connectivity index (χ2v) is 12.7. The Balaban J connectivity index is 0.00000176. The zero-order valence-corrected chi connectivity index (χ0v) is 20.8. The predicted octanol–water partition coefficient (Wildman–Crippen LogP) is 6.25. The van der Waals surface area contributed by atoms with Gasteiger partial charge in [-0.15, -0.1) is 16.6 Å². The second kappa shape index (κ2) is 8.13. The molecule has 2 aromatic heterocycles. The van der Waals surface area contributed by atoms with E-state index >= 15 is 0 Å². The molecule has 0 spiro atoms. The molecule has 0 atom stereocenters. The van der Waals surface area contributed by atoms with Gasteiger partial charge in [-0.2, -0.15) is 28.1 Å². The SMILES string of the molecule is Cc1sc2[cH-]c3sc(C)c([SiH](C)C)c3c2c1NC(C)(C)C.[CH3-].[CH3-].[Ti+3]. The summed E-state index contributed by atoms with van der Waals surface area (Å²) in [5, 5.41) is 8.49. The van der Waals surface area contributed by atoms with E-state index in [0.29, 0.717) is 0 Å². The Morgan fingerprint density at radius 1 is 0.917 bits per heavy atom. The van der Waals surface area contributed by atoms with E-state index < -0.39 is 8.80 Å². The predicted molar refractivity (Wildman–Crippen MR) is 117 cm³/mol. The Morgan fingerprint density at radius 3 is 1.92 bits per heavy atom. The smallest absolute Gasteiger partial charge is 0.390 e. The molecule has 0 aliphatic heterocycles. The third-order valence-electron chi connectivity index (χ3n) is 3.86. The standard InChI is InChI=1S/C17H24NS2Si.2CH3.Ti/c1-9-15(18-17(3,4)5)13-11(19-9)8-12-14(13)16(21(6)7)10(2)20-12;;;/h8,18,21H,1-7H3;2*1H3;/q3*-1;+3. The van der Waals surface area contributed by atoms with E-state index in [9.17, 15) is 0 Å². The number of rotatable bonds is 2. The fraction of sp³-hybridized carbons (Fsp3) is 0.421. The summed E-state index contributed by atoms with van der Waals surface area (Å²) in [5.41, 5.74) is 1.47. The monoisotopic (exact) mass is 412 g/mol. The molecule has 5 heteroatoms. The number of anilines is 1. The van der Waals surface area contributed by atoms with E-state index in [1.165, 1.54) is 30.2 Å². The maximum atomic E-state index is 3.76. The van der Waals surface area contributed by atoms with Gasteiger partial charge in [0.1, 0.15) is 0 Å². The largest absolute Gasteiger partial charge is 3.00 e. The number of hydrogen-bond donors (Lipinski definition) is 1. The first kappa shape index (κ1) is 24.0. The van der Waals surface area contributed by atoms with Crippen LogP contribution in [0.5, 0.6) is 0 Å². The Labute approximate surface area is 172 Å². The van der Waals surface area contributed by atoms with Crippen molar-refractivity contribution in [3.05, 3.63) is 30.7 Å². The van der Waals surface area contributed by atoms with Gasteiger partial charge in [0.05, 0.1) is 8.80 Å². The summed E-state index contributed by atoms with van der Waals surface area (Å²) in [6.07, 6.45) is 0. The van der Waals surface area contributed by atoms with Gasteiger partial charge in [0, 0.05) is 10.4 Å². The maximum absolute atomic E-state index is 3.76. The van der Waals surface area contributed by atoms with Crippen LogP contribution in [-0.2, 0) is 21.7 Å². The van der Waals surface area contributed by atoms with Crippen LogP contribution in [0.4, 0.5) is 5.69 Å². The van der Waals surface area contributed by atoms with Crippen molar-refractivity contribution in [1.29, 1.82) is 0 Å². The molecular weight excluding hydrogens is 382 g/mol. The van der Waals surface area contributed by atoms with Gasteiger partial charge in [0.2, 0.25) is 0 Å². The topological polar surface area (TPSA) is 12.0 Å². The first-order valence-electron chi connectivity index (χ1n) is 7.59. The number of thiophene rings is 2. The van der Waals surface area contributed by atoms with Gasteiger partial charge < -0.3 is 20.2 Å². The molecule has 3 aromatic rings. The van der Waals surface area contributed by atoms with E-state index in [1.54, 1.807) is 10.6 Å². The summed E-state index contributed by atoms with van der Waals surface area (Å²) < 4.78 is 2.94. The Morgan fingerprint density at radius 2 is 1.42 bits per heavy atom. The van der Waals surface area contributed by atoms with Crippen molar-refractivity contribution < 1.29 is 21.7 Å². The first-order chi connectivity index (χ1) is 9.69. The summed E-state index contributed by atoms with van der Waals surface area (Å²) >= 11 is 3.92. The van der Waals surface area contributed by atoms with Crippen LogP contribution in [0.3, 0.4) is 0 Å². The van der Waals surface area contributed by atoms with E-state index in [4.69, 9.17) is 0 Å². The third-order valence-corrected chi connectivity index (χ3v) is 8.06. The third kappa shape index (κ3) is 4.04. The van der Waals surface area contributed by atoms with Crippen molar-refractivity contribution in [2.24, 2.45) is 0 Å². The summed E-state index contributed by atoms with van der Waals surface area (Å²) in [6.45, 7) is 16.2. The molecule has 1 radical (unpaired) electrons. The molecule has 0 saturated carbocycles. The zero-order valence-electron chi connectivity index (χ0n) is 16.5. The molecule has 24 heavy (non-hydrogen) atoms. The summed E-state index contributed by atoms with van der Waals surface area (Å²) in [4.78, 5) is 2.95. The van der Waals surface area contributed by atoms with Gasteiger partial charge in [-0.25, -0.2) is 0 Å². The van der Waals surface area contributed by atoms with E-state index in [-0.39, 0.29) is 42.1 Å². The van der Waals surface area contributed by atoms with Crippen molar-refractivity contribution in [2.45, 2.75) is 53.3 Å². The van der Waals surface area contributed by atoms with Gasteiger partial charge in [0.25, 0.3) is 0 Å². The molecule has 0 fully saturated rings. The molecule has 1 aromatic carbocycles. The van der Waals surface area contributed by atoms with Crippen molar-refractivity contribution in [3.63, 3.8) is 0 Å². The van der Waals surface area contributed by atoms with Crippen LogP contribution in [0.15, 0.2) is 6.07 Å². The minimum Gasteiger partial charge on any atom is -0.390 e. The number of hydrogen-bond acceptors (Lipinski definition) is 3. The normalized spacial score (nSPS) is 11.3. The molecule has 2 heterocycles. The Hall–Kier alpha value is 0.00117. The van der Waals surface area contributed by atoms with Crippen LogP contribution in [-0.4, -0.2) is 14.3 Å². The maximum Gasteiger partial charge on any atom is 3.00 e. The van der Waals surface area contributed by atoms with Crippen molar-refractivity contribution in [2.75, 3.05) is 5.32 Å². The van der Waals surface area contributed by atoms with E-state index in [1.807, 2.05) is 22.7 Å². The molecule has 0 unspecified atom stereocenters. The molecule has 131 valence electrons. The van der Waals surface area contributed by atoms with Crippen molar-refractivity contribution in [1.82, 2.24) is 0 Å². The van der Waals surface area contributed by atoms with Gasteiger partial charge in [-0.1, -0.05) is 22.5 Å². The fourth-order valence-electron chi connectivity index (χ4n) is 3.20. The molecule has 0 amide bonds. The van der Waals surface area contributed by atoms with Gasteiger partial charge in [0.15, 0.2) is 0 Å².